The number of aromatic nitrogens is 4. The zero-order valence-electron chi connectivity index (χ0n) is 20.7. The van der Waals surface area contributed by atoms with Gasteiger partial charge in [0.15, 0.2) is 11.3 Å². The van der Waals surface area contributed by atoms with E-state index < -0.39 is 22.7 Å². The van der Waals surface area contributed by atoms with Crippen LogP contribution in [0.1, 0.15) is 38.2 Å². The minimum Gasteiger partial charge on any atom is -0.369 e. The number of aliphatic hydroxyl groups is 1. The minimum absolute atomic E-state index is 0.0354. The number of hydrogen-bond donors (Lipinski definition) is 2. The fourth-order valence-electron chi connectivity index (χ4n) is 6.29. The number of halogens is 2. The molecule has 1 unspecified atom stereocenters. The van der Waals surface area contributed by atoms with Crippen LogP contribution in [-0.4, -0.2) is 75.4 Å². The van der Waals surface area contributed by atoms with E-state index in [1.54, 1.807) is 18.1 Å². The van der Waals surface area contributed by atoms with Crippen LogP contribution in [0.25, 0.3) is 6.08 Å². The van der Waals surface area contributed by atoms with Gasteiger partial charge in [0.05, 0.1) is 0 Å². The van der Waals surface area contributed by atoms with Crippen LogP contribution in [0.15, 0.2) is 29.1 Å². The van der Waals surface area contributed by atoms with Gasteiger partial charge in [-0.05, 0) is 55.6 Å². The van der Waals surface area contributed by atoms with E-state index in [0.29, 0.717) is 61.0 Å². The van der Waals surface area contributed by atoms with E-state index >= 15 is 0 Å². The molecule has 200 valence electrons. The number of aryl methyl sites for hydroxylation is 1. The number of nitrogens with zero attached hydrogens (tertiary/aromatic N) is 6. The van der Waals surface area contributed by atoms with Crippen molar-refractivity contribution in [1.82, 2.24) is 24.1 Å². The molecule has 13 heteroatoms. The fourth-order valence-corrected chi connectivity index (χ4v) is 7.71. The van der Waals surface area contributed by atoms with Gasteiger partial charge in [-0.3, -0.25) is 4.68 Å². The Morgan fingerprint density at radius 2 is 1.89 bits per heavy atom. The van der Waals surface area contributed by atoms with E-state index in [2.05, 4.69) is 27.3 Å². The molecular weight excluding hydrogens is 504 g/mol. The van der Waals surface area contributed by atoms with Crippen LogP contribution < -0.4 is 10.2 Å². The third-order valence-corrected chi connectivity index (χ3v) is 10.3. The Morgan fingerprint density at radius 1 is 1.19 bits per heavy atom. The van der Waals surface area contributed by atoms with Crippen molar-refractivity contribution in [3.05, 3.63) is 29.6 Å². The van der Waals surface area contributed by atoms with Crippen LogP contribution in [0.5, 0.6) is 0 Å². The van der Waals surface area contributed by atoms with Crippen LogP contribution in [-0.2, 0) is 17.1 Å². The number of sulfonamides is 1. The lowest BCUT2D eigenvalue weighted by Crippen LogP contribution is -2.48. The molecule has 2 aliphatic carbocycles. The number of nitrogens with one attached hydrogen (secondary N) is 1. The first-order valence-corrected chi connectivity index (χ1v) is 14.2. The summed E-state index contributed by atoms with van der Waals surface area (Å²) < 4.78 is 56.1. The smallest absolute Gasteiger partial charge is 0.264 e. The van der Waals surface area contributed by atoms with Gasteiger partial charge in [0, 0.05) is 55.8 Å². The number of anilines is 2. The molecule has 2 N–H and O–H groups in total. The summed E-state index contributed by atoms with van der Waals surface area (Å²) in [6, 6.07) is 1.39. The van der Waals surface area contributed by atoms with Gasteiger partial charge in [-0.25, -0.2) is 22.2 Å². The molecule has 2 aromatic heterocycles. The van der Waals surface area contributed by atoms with Crippen LogP contribution in [0.2, 0.25) is 0 Å². The second-order valence-corrected chi connectivity index (χ2v) is 12.5. The Kier molecular flexibility index (Phi) is 5.99. The highest BCUT2D eigenvalue weighted by molar-refractivity contribution is 7.89. The first kappa shape index (κ1) is 24.7. The zero-order valence-corrected chi connectivity index (χ0v) is 21.5. The SMILES string of the molecule is C[C@H]1[C@H]2C[C@@H](N3c4nc(NC5CCN(S(=O)(=O)c6ccn(C)n6)CC5)ncc4C=C(C(F)F)C3O)C[C@@H]12. The van der Waals surface area contributed by atoms with Gasteiger partial charge in [-0.1, -0.05) is 6.92 Å². The number of piperidine rings is 1. The summed E-state index contributed by atoms with van der Waals surface area (Å²) in [5, 5.41) is 18.3. The Balaban J connectivity index is 1.18. The standard InChI is InChI=1S/C24H31F2N7O3S/c1-13-17-10-16(11-18(13)17)33-22-14(9-19(21(25)26)23(33)34)12-27-24(29-22)28-15-3-7-32(8-4-15)37(35,36)20-5-6-31(2)30-20/h5-6,9,12-13,15-18,21,23,34H,3-4,7-8,10-11H2,1-2H3,(H,27,28,29)/t13-,16+,17+,18-,23?. The lowest BCUT2D eigenvalue weighted by molar-refractivity contribution is 0.118. The number of hydrogen-bond acceptors (Lipinski definition) is 8. The van der Waals surface area contributed by atoms with Crippen molar-refractivity contribution in [3.8, 4) is 0 Å². The topological polar surface area (TPSA) is 116 Å². The largest absolute Gasteiger partial charge is 0.369 e. The average Bonchev–Trinajstić information content (AvgIpc) is 3.23. The fraction of sp³-hybridized carbons (Fsp3) is 0.625. The molecule has 3 fully saturated rings. The third kappa shape index (κ3) is 4.30. The molecule has 10 nitrogen and oxygen atoms in total. The monoisotopic (exact) mass is 535 g/mol. The third-order valence-electron chi connectivity index (χ3n) is 8.50. The van der Waals surface area contributed by atoms with E-state index in [4.69, 9.17) is 0 Å². The molecule has 2 saturated carbocycles. The summed E-state index contributed by atoms with van der Waals surface area (Å²) in [4.78, 5) is 10.7. The van der Waals surface area contributed by atoms with Gasteiger partial charge in [0.1, 0.15) is 5.82 Å². The van der Waals surface area contributed by atoms with Gasteiger partial charge < -0.3 is 15.3 Å². The van der Waals surface area contributed by atoms with Crippen molar-refractivity contribution >= 4 is 27.9 Å². The molecule has 4 aliphatic rings. The number of rotatable bonds is 6. The second-order valence-electron chi connectivity index (χ2n) is 10.7. The molecule has 0 radical (unpaired) electrons. The molecule has 0 amide bonds. The number of alkyl halides is 2. The van der Waals surface area contributed by atoms with E-state index in [1.165, 1.54) is 27.3 Å². The first-order valence-electron chi connectivity index (χ1n) is 12.7. The number of aliphatic hydroxyl groups excluding tert-OH is 1. The quantitative estimate of drug-likeness (QED) is 0.579. The summed E-state index contributed by atoms with van der Waals surface area (Å²) >= 11 is 0. The van der Waals surface area contributed by atoms with Crippen molar-refractivity contribution in [2.75, 3.05) is 23.3 Å². The minimum atomic E-state index is -3.65. The Bertz CT molecular complexity index is 1310. The Morgan fingerprint density at radius 3 is 2.51 bits per heavy atom. The van der Waals surface area contributed by atoms with Crippen molar-refractivity contribution in [2.45, 2.75) is 62.4 Å². The highest BCUT2D eigenvalue weighted by Crippen LogP contribution is 2.59. The maximum atomic E-state index is 13.7. The van der Waals surface area contributed by atoms with Crippen LogP contribution in [0.3, 0.4) is 0 Å². The Labute approximate surface area is 214 Å². The molecule has 37 heavy (non-hydrogen) atoms. The molecule has 1 saturated heterocycles. The summed E-state index contributed by atoms with van der Waals surface area (Å²) in [6.07, 6.45) is 3.04. The molecule has 4 heterocycles. The second kappa shape index (κ2) is 8.98. The van der Waals surface area contributed by atoms with E-state index in [-0.39, 0.29) is 22.7 Å². The van der Waals surface area contributed by atoms with E-state index in [9.17, 15) is 22.3 Å². The predicted octanol–water partition coefficient (Wildman–Crippen LogP) is 2.31. The summed E-state index contributed by atoms with van der Waals surface area (Å²) in [6.45, 7) is 2.87. The molecule has 2 aromatic rings. The lowest BCUT2D eigenvalue weighted by atomic mass is 9.99. The Hall–Kier alpha value is -2.64. The molecule has 6 rings (SSSR count). The van der Waals surface area contributed by atoms with Gasteiger partial charge >= 0.3 is 0 Å². The first-order chi connectivity index (χ1) is 17.6. The van der Waals surface area contributed by atoms with Crippen LogP contribution in [0, 0.1) is 17.8 Å². The lowest BCUT2D eigenvalue weighted by Gasteiger charge is -2.40. The molecular formula is C24H31F2N7O3S. The maximum absolute atomic E-state index is 13.7. The van der Waals surface area contributed by atoms with E-state index in [0.717, 1.165) is 12.8 Å². The van der Waals surface area contributed by atoms with Gasteiger partial charge in [-0.2, -0.15) is 14.4 Å². The van der Waals surface area contributed by atoms with E-state index in [1.807, 2.05) is 0 Å². The highest BCUT2D eigenvalue weighted by atomic mass is 32.2. The number of fused-ring (bicyclic) bond motifs is 2. The summed E-state index contributed by atoms with van der Waals surface area (Å²) in [5.41, 5.74) is 0.142. The average molecular weight is 536 g/mol. The summed E-state index contributed by atoms with van der Waals surface area (Å²) in [5.74, 6) is 2.61. The van der Waals surface area contributed by atoms with Crippen LogP contribution in [0.4, 0.5) is 20.5 Å². The summed E-state index contributed by atoms with van der Waals surface area (Å²) in [7, 11) is -1.98. The van der Waals surface area contributed by atoms with Crippen molar-refractivity contribution < 1.29 is 22.3 Å². The zero-order chi connectivity index (χ0) is 26.1. The van der Waals surface area contributed by atoms with Crippen molar-refractivity contribution in [3.63, 3.8) is 0 Å². The van der Waals surface area contributed by atoms with Crippen molar-refractivity contribution in [1.29, 1.82) is 0 Å². The molecule has 0 spiro atoms. The molecule has 0 aromatic carbocycles. The molecule has 0 bridgehead atoms. The maximum Gasteiger partial charge on any atom is 0.264 e. The predicted molar refractivity (Wildman–Crippen MR) is 132 cm³/mol. The molecule has 5 atom stereocenters. The van der Waals surface area contributed by atoms with Crippen molar-refractivity contribution in [2.24, 2.45) is 24.8 Å². The van der Waals surface area contributed by atoms with Gasteiger partial charge in [0.25, 0.3) is 16.4 Å². The normalized spacial score (nSPS) is 30.3. The molecule has 2 aliphatic heterocycles. The van der Waals surface area contributed by atoms with Gasteiger partial charge in [-0.15, -0.1) is 0 Å². The van der Waals surface area contributed by atoms with Gasteiger partial charge in [0.2, 0.25) is 5.95 Å². The van der Waals surface area contributed by atoms with Crippen LogP contribution >= 0.6 is 0 Å². The highest BCUT2D eigenvalue weighted by Gasteiger charge is 2.55.